The number of carbonyl (C=O) groups excluding carboxylic acids is 1. The summed E-state index contributed by atoms with van der Waals surface area (Å²) in [7, 11) is 0. The van der Waals surface area contributed by atoms with Crippen molar-refractivity contribution < 1.29 is 14.4 Å². The largest absolute Gasteiger partial charge is 0.492 e. The van der Waals surface area contributed by atoms with Crippen molar-refractivity contribution in [1.29, 1.82) is 0 Å². The molecule has 0 radical (unpaired) electrons. The Morgan fingerprint density at radius 3 is 2.72 bits per heavy atom. The number of nitrogens with zero attached hydrogens (tertiary/aromatic N) is 1. The lowest BCUT2D eigenvalue weighted by Crippen LogP contribution is -2.34. The van der Waals surface area contributed by atoms with Crippen LogP contribution in [0.2, 0.25) is 0 Å². The molecule has 2 heterocycles. The fourth-order valence-corrected chi connectivity index (χ4v) is 2.87. The van der Waals surface area contributed by atoms with Gasteiger partial charge < -0.3 is 4.74 Å². The highest BCUT2D eigenvalue weighted by Gasteiger charge is 2.44. The van der Waals surface area contributed by atoms with Crippen molar-refractivity contribution in [3.8, 4) is 5.75 Å². The normalized spacial score (nSPS) is 25.4. The van der Waals surface area contributed by atoms with Crippen LogP contribution in [0, 0.1) is 19.8 Å². The number of hydroxylamine groups is 2. The summed E-state index contributed by atoms with van der Waals surface area (Å²) in [6.07, 6.45) is 0. The smallest absolute Gasteiger partial charge is 0.243 e. The van der Waals surface area contributed by atoms with Crippen molar-refractivity contribution in [2.75, 3.05) is 13.2 Å². The van der Waals surface area contributed by atoms with Gasteiger partial charge in [0.05, 0.1) is 19.3 Å². The van der Waals surface area contributed by atoms with Crippen LogP contribution in [0.15, 0.2) is 12.1 Å². The molecule has 2 unspecified atom stereocenters. The molecule has 0 N–H and O–H groups in total. The summed E-state index contributed by atoms with van der Waals surface area (Å²) >= 11 is 0. The lowest BCUT2D eigenvalue weighted by Gasteiger charge is -2.33. The Labute approximate surface area is 106 Å². The Morgan fingerprint density at radius 1 is 1.28 bits per heavy atom. The van der Waals surface area contributed by atoms with E-state index in [2.05, 4.69) is 19.1 Å². The maximum absolute atomic E-state index is 11.7. The molecule has 1 saturated heterocycles. The maximum atomic E-state index is 11.7. The molecule has 3 rings (SSSR count). The predicted octanol–water partition coefficient (Wildman–Crippen LogP) is 2.15. The van der Waals surface area contributed by atoms with Gasteiger partial charge in [-0.15, -0.1) is 0 Å². The molecule has 4 heteroatoms. The highest BCUT2D eigenvalue weighted by molar-refractivity contribution is 5.73. The van der Waals surface area contributed by atoms with Gasteiger partial charge in [-0.1, -0.05) is 12.1 Å². The van der Waals surface area contributed by atoms with Crippen molar-refractivity contribution in [2.45, 2.75) is 26.8 Å². The van der Waals surface area contributed by atoms with E-state index in [-0.39, 0.29) is 17.9 Å². The van der Waals surface area contributed by atoms with Crippen molar-refractivity contribution in [2.24, 2.45) is 5.92 Å². The SMILES string of the molecule is CC(=O)N1OCC2COc3c(C)ccc(C)c3C21. The summed E-state index contributed by atoms with van der Waals surface area (Å²) in [4.78, 5) is 17.2. The first-order valence-corrected chi connectivity index (χ1v) is 6.25. The van der Waals surface area contributed by atoms with E-state index in [1.807, 2.05) is 6.92 Å². The number of aryl methyl sites for hydroxylation is 2. The third-order valence-corrected chi connectivity index (χ3v) is 3.79. The maximum Gasteiger partial charge on any atom is 0.243 e. The van der Waals surface area contributed by atoms with Crippen molar-refractivity contribution >= 4 is 5.91 Å². The number of fused-ring (bicyclic) bond motifs is 3. The van der Waals surface area contributed by atoms with E-state index in [4.69, 9.17) is 9.57 Å². The number of carbonyl (C=O) groups is 1. The molecule has 2 aliphatic heterocycles. The monoisotopic (exact) mass is 247 g/mol. The zero-order valence-corrected chi connectivity index (χ0v) is 10.9. The molecule has 2 aliphatic rings. The van der Waals surface area contributed by atoms with Crippen LogP contribution in [0.3, 0.4) is 0 Å². The van der Waals surface area contributed by atoms with E-state index < -0.39 is 0 Å². The van der Waals surface area contributed by atoms with Crippen LogP contribution in [-0.4, -0.2) is 24.2 Å². The number of hydrogen-bond donors (Lipinski definition) is 0. The highest BCUT2D eigenvalue weighted by atomic mass is 16.7. The van der Waals surface area contributed by atoms with E-state index >= 15 is 0 Å². The lowest BCUT2D eigenvalue weighted by molar-refractivity contribution is -0.174. The highest BCUT2D eigenvalue weighted by Crippen LogP contribution is 2.46. The van der Waals surface area contributed by atoms with Crippen LogP contribution in [0.5, 0.6) is 5.75 Å². The van der Waals surface area contributed by atoms with Gasteiger partial charge in [-0.3, -0.25) is 9.63 Å². The molecule has 4 nitrogen and oxygen atoms in total. The van der Waals surface area contributed by atoms with Crippen molar-refractivity contribution in [3.63, 3.8) is 0 Å². The lowest BCUT2D eigenvalue weighted by atomic mass is 9.87. The van der Waals surface area contributed by atoms with Gasteiger partial charge in [0.1, 0.15) is 5.75 Å². The fraction of sp³-hybridized carbons (Fsp3) is 0.500. The van der Waals surface area contributed by atoms with Gasteiger partial charge in [0, 0.05) is 18.4 Å². The first-order chi connectivity index (χ1) is 8.59. The minimum absolute atomic E-state index is 0.00569. The van der Waals surface area contributed by atoms with Crippen LogP contribution < -0.4 is 4.74 Å². The first kappa shape index (κ1) is 11.5. The molecule has 1 fully saturated rings. The van der Waals surface area contributed by atoms with Crippen LogP contribution >= 0.6 is 0 Å². The number of ether oxygens (including phenoxy) is 1. The molecule has 0 aliphatic carbocycles. The minimum atomic E-state index is -0.0451. The average molecular weight is 247 g/mol. The molecular formula is C14H17NO3. The Balaban J connectivity index is 2.14. The molecule has 1 aromatic carbocycles. The van der Waals surface area contributed by atoms with Crippen LogP contribution in [0.4, 0.5) is 0 Å². The summed E-state index contributed by atoms with van der Waals surface area (Å²) in [6.45, 7) is 6.80. The molecule has 0 saturated carbocycles. The Hall–Kier alpha value is -1.55. The minimum Gasteiger partial charge on any atom is -0.492 e. The van der Waals surface area contributed by atoms with Gasteiger partial charge in [0.2, 0.25) is 5.91 Å². The van der Waals surface area contributed by atoms with Gasteiger partial charge in [-0.2, -0.15) is 0 Å². The van der Waals surface area contributed by atoms with E-state index in [0.717, 1.165) is 22.4 Å². The van der Waals surface area contributed by atoms with Gasteiger partial charge in [0.15, 0.2) is 0 Å². The third-order valence-electron chi connectivity index (χ3n) is 3.79. The summed E-state index contributed by atoms with van der Waals surface area (Å²) in [5.74, 6) is 1.12. The molecule has 1 amide bonds. The molecule has 1 aromatic rings. The standard InChI is InChI=1S/C14H17NO3/c1-8-4-5-9(2)14-12(8)13-11(6-17-14)7-18-15(13)10(3)16/h4-5,11,13H,6-7H2,1-3H3. The predicted molar refractivity (Wildman–Crippen MR) is 66.1 cm³/mol. The van der Waals surface area contributed by atoms with Gasteiger partial charge in [0.25, 0.3) is 0 Å². The summed E-state index contributed by atoms with van der Waals surface area (Å²) in [5, 5.41) is 1.51. The van der Waals surface area contributed by atoms with Gasteiger partial charge in [-0.25, -0.2) is 5.06 Å². The topological polar surface area (TPSA) is 38.8 Å². The molecule has 96 valence electrons. The number of hydrogen-bond acceptors (Lipinski definition) is 3. The van der Waals surface area contributed by atoms with Crippen molar-refractivity contribution in [3.05, 3.63) is 28.8 Å². The number of benzene rings is 1. The molecule has 0 spiro atoms. The third kappa shape index (κ3) is 1.52. The Bertz CT molecular complexity index is 512. The molecule has 18 heavy (non-hydrogen) atoms. The molecule has 2 atom stereocenters. The van der Waals surface area contributed by atoms with E-state index in [1.165, 1.54) is 5.06 Å². The van der Waals surface area contributed by atoms with E-state index in [9.17, 15) is 4.79 Å². The second-order valence-corrected chi connectivity index (χ2v) is 5.10. The zero-order valence-electron chi connectivity index (χ0n) is 10.9. The van der Waals surface area contributed by atoms with E-state index in [1.54, 1.807) is 6.92 Å². The fourth-order valence-electron chi connectivity index (χ4n) is 2.87. The Morgan fingerprint density at radius 2 is 2.00 bits per heavy atom. The average Bonchev–Trinajstić information content (AvgIpc) is 2.77. The van der Waals surface area contributed by atoms with E-state index in [0.29, 0.717) is 13.2 Å². The van der Waals surface area contributed by atoms with Crippen LogP contribution in [0.25, 0.3) is 0 Å². The molecule has 0 bridgehead atoms. The summed E-state index contributed by atoms with van der Waals surface area (Å²) in [5.41, 5.74) is 3.38. The second kappa shape index (κ2) is 3.99. The second-order valence-electron chi connectivity index (χ2n) is 5.10. The zero-order chi connectivity index (χ0) is 12.9. The van der Waals surface area contributed by atoms with Gasteiger partial charge in [-0.05, 0) is 25.0 Å². The van der Waals surface area contributed by atoms with Crippen LogP contribution in [0.1, 0.15) is 29.7 Å². The summed E-state index contributed by atoms with van der Waals surface area (Å²) < 4.78 is 5.86. The number of amides is 1. The Kier molecular flexibility index (Phi) is 2.55. The molecular weight excluding hydrogens is 230 g/mol. The quantitative estimate of drug-likeness (QED) is 0.705. The first-order valence-electron chi connectivity index (χ1n) is 6.25. The summed E-state index contributed by atoms with van der Waals surface area (Å²) in [6, 6.07) is 4.14. The van der Waals surface area contributed by atoms with Gasteiger partial charge >= 0.3 is 0 Å². The van der Waals surface area contributed by atoms with Crippen LogP contribution in [-0.2, 0) is 9.63 Å². The number of rotatable bonds is 0. The van der Waals surface area contributed by atoms with Crippen molar-refractivity contribution in [1.82, 2.24) is 5.06 Å². The molecule has 0 aromatic heterocycles.